The Labute approximate surface area is 100 Å². The van der Waals surface area contributed by atoms with Gasteiger partial charge < -0.3 is 0 Å². The van der Waals surface area contributed by atoms with Crippen LogP contribution in [0.25, 0.3) is 0 Å². The summed E-state index contributed by atoms with van der Waals surface area (Å²) >= 11 is 0. The minimum atomic E-state index is -0.0366. The monoisotopic (exact) mass is 229 g/mol. The van der Waals surface area contributed by atoms with E-state index in [0.717, 1.165) is 23.4 Å². The Morgan fingerprint density at radius 2 is 2.00 bits per heavy atom. The normalized spacial score (nSPS) is 12.4. The zero-order valence-electron chi connectivity index (χ0n) is 9.67. The summed E-state index contributed by atoms with van der Waals surface area (Å²) in [6.07, 6.45) is 7.79. The van der Waals surface area contributed by atoms with Gasteiger partial charge in [-0.2, -0.15) is 0 Å². The Bertz CT molecular complexity index is 454. The first-order valence-electron chi connectivity index (χ1n) is 5.43. The van der Waals surface area contributed by atoms with Crippen molar-refractivity contribution in [2.45, 2.75) is 19.4 Å². The number of aromatic nitrogens is 3. The first-order chi connectivity index (χ1) is 8.29. The fraction of sp³-hybridized carbons (Fsp3) is 0.250. The van der Waals surface area contributed by atoms with Crippen molar-refractivity contribution in [3.8, 4) is 0 Å². The van der Waals surface area contributed by atoms with E-state index >= 15 is 0 Å². The smallest absolute Gasteiger partial charge is 0.0773 e. The molecule has 2 rings (SSSR count). The minimum absolute atomic E-state index is 0.0366. The fourth-order valence-corrected chi connectivity index (χ4v) is 1.59. The lowest BCUT2D eigenvalue weighted by Gasteiger charge is -2.14. The summed E-state index contributed by atoms with van der Waals surface area (Å²) < 4.78 is 0. The topological polar surface area (TPSA) is 76.7 Å². The zero-order chi connectivity index (χ0) is 12.1. The van der Waals surface area contributed by atoms with Gasteiger partial charge in [0.05, 0.1) is 23.6 Å². The van der Waals surface area contributed by atoms with Crippen LogP contribution in [0.4, 0.5) is 0 Å². The van der Waals surface area contributed by atoms with Gasteiger partial charge in [-0.15, -0.1) is 0 Å². The highest BCUT2D eigenvalue weighted by Gasteiger charge is 2.12. The summed E-state index contributed by atoms with van der Waals surface area (Å²) in [5.41, 5.74) is 5.66. The van der Waals surface area contributed by atoms with E-state index < -0.39 is 0 Å². The van der Waals surface area contributed by atoms with Gasteiger partial charge in [-0.05, 0) is 31.0 Å². The van der Waals surface area contributed by atoms with Crippen LogP contribution in [0.1, 0.15) is 23.0 Å². The average Bonchev–Trinajstić information content (AvgIpc) is 2.38. The highest BCUT2D eigenvalue weighted by molar-refractivity contribution is 5.15. The van der Waals surface area contributed by atoms with Crippen LogP contribution in [0, 0.1) is 6.92 Å². The molecule has 3 N–H and O–H groups in total. The van der Waals surface area contributed by atoms with E-state index in [1.54, 1.807) is 24.8 Å². The summed E-state index contributed by atoms with van der Waals surface area (Å²) in [4.78, 5) is 12.5. The molecule has 2 aromatic heterocycles. The molecule has 0 fully saturated rings. The molecule has 88 valence electrons. The summed E-state index contributed by atoms with van der Waals surface area (Å²) in [7, 11) is 0. The van der Waals surface area contributed by atoms with Gasteiger partial charge in [0.15, 0.2) is 0 Å². The highest BCUT2D eigenvalue weighted by Crippen LogP contribution is 2.14. The zero-order valence-corrected chi connectivity index (χ0v) is 9.67. The van der Waals surface area contributed by atoms with Gasteiger partial charge in [-0.1, -0.05) is 0 Å². The number of pyridine rings is 1. The van der Waals surface area contributed by atoms with Crippen LogP contribution in [0.15, 0.2) is 36.9 Å². The molecular formula is C12H15N5. The Morgan fingerprint density at radius 3 is 2.59 bits per heavy atom. The molecule has 0 saturated carbocycles. The van der Waals surface area contributed by atoms with E-state index in [4.69, 9.17) is 5.84 Å². The van der Waals surface area contributed by atoms with Gasteiger partial charge in [-0.3, -0.25) is 26.2 Å². The Morgan fingerprint density at radius 1 is 1.24 bits per heavy atom. The largest absolute Gasteiger partial charge is 0.271 e. The van der Waals surface area contributed by atoms with Crippen LogP contribution < -0.4 is 11.3 Å². The lowest BCUT2D eigenvalue weighted by Crippen LogP contribution is -2.30. The van der Waals surface area contributed by atoms with Gasteiger partial charge in [0.25, 0.3) is 0 Å². The predicted octanol–water partition coefficient (Wildman–Crippen LogP) is 0.927. The van der Waals surface area contributed by atoms with Crippen LogP contribution in [-0.2, 0) is 6.42 Å². The van der Waals surface area contributed by atoms with Gasteiger partial charge in [0.2, 0.25) is 0 Å². The highest BCUT2D eigenvalue weighted by atomic mass is 15.2. The summed E-state index contributed by atoms with van der Waals surface area (Å²) in [6, 6.07) is 3.89. The molecule has 0 bridgehead atoms. The number of hydrazine groups is 1. The van der Waals surface area contributed by atoms with Gasteiger partial charge >= 0.3 is 0 Å². The number of hydrogen-bond acceptors (Lipinski definition) is 5. The molecule has 0 amide bonds. The van der Waals surface area contributed by atoms with Gasteiger partial charge in [0, 0.05) is 18.6 Å². The van der Waals surface area contributed by atoms with E-state index in [2.05, 4.69) is 20.4 Å². The van der Waals surface area contributed by atoms with E-state index in [9.17, 15) is 0 Å². The minimum Gasteiger partial charge on any atom is -0.271 e. The third kappa shape index (κ3) is 3.05. The van der Waals surface area contributed by atoms with Crippen molar-refractivity contribution < 1.29 is 0 Å². The average molecular weight is 229 g/mol. The quantitative estimate of drug-likeness (QED) is 0.602. The van der Waals surface area contributed by atoms with Crippen molar-refractivity contribution >= 4 is 0 Å². The van der Waals surface area contributed by atoms with Crippen molar-refractivity contribution in [3.05, 3.63) is 53.9 Å². The van der Waals surface area contributed by atoms with E-state index in [0.29, 0.717) is 0 Å². The second-order valence-electron chi connectivity index (χ2n) is 3.86. The molecular weight excluding hydrogens is 214 g/mol. The van der Waals surface area contributed by atoms with Crippen molar-refractivity contribution in [1.82, 2.24) is 20.4 Å². The third-order valence-electron chi connectivity index (χ3n) is 2.55. The molecule has 17 heavy (non-hydrogen) atoms. The molecule has 2 aromatic rings. The van der Waals surface area contributed by atoms with Gasteiger partial charge in [0.1, 0.15) is 0 Å². The van der Waals surface area contributed by atoms with Crippen molar-refractivity contribution in [2.24, 2.45) is 5.84 Å². The molecule has 0 radical (unpaired) electrons. The molecule has 5 nitrogen and oxygen atoms in total. The van der Waals surface area contributed by atoms with Crippen molar-refractivity contribution in [3.63, 3.8) is 0 Å². The van der Waals surface area contributed by atoms with E-state index in [1.165, 1.54) is 0 Å². The molecule has 0 aliphatic heterocycles. The fourth-order valence-electron chi connectivity index (χ4n) is 1.59. The molecule has 0 saturated heterocycles. The van der Waals surface area contributed by atoms with Gasteiger partial charge in [-0.25, -0.2) is 0 Å². The Hall–Kier alpha value is -1.85. The maximum Gasteiger partial charge on any atom is 0.0773 e. The molecule has 0 aromatic carbocycles. The molecule has 0 spiro atoms. The summed E-state index contributed by atoms with van der Waals surface area (Å²) in [6.45, 7) is 1.91. The second-order valence-corrected chi connectivity index (χ2v) is 3.86. The summed E-state index contributed by atoms with van der Waals surface area (Å²) in [5.74, 6) is 5.56. The van der Waals surface area contributed by atoms with Crippen molar-refractivity contribution in [2.75, 3.05) is 0 Å². The predicted molar refractivity (Wildman–Crippen MR) is 64.8 cm³/mol. The van der Waals surface area contributed by atoms with Crippen LogP contribution in [0.2, 0.25) is 0 Å². The molecule has 1 atom stereocenters. The maximum atomic E-state index is 5.56. The molecule has 2 heterocycles. The number of rotatable bonds is 4. The SMILES string of the molecule is Cc1cnc(C(Cc2ccncc2)NN)cn1. The Balaban J connectivity index is 2.14. The maximum absolute atomic E-state index is 5.56. The second kappa shape index (κ2) is 5.47. The van der Waals surface area contributed by atoms with E-state index in [-0.39, 0.29) is 6.04 Å². The molecule has 0 aliphatic carbocycles. The number of hydrogen-bond donors (Lipinski definition) is 2. The van der Waals surface area contributed by atoms with Crippen LogP contribution in [0.3, 0.4) is 0 Å². The first kappa shape index (κ1) is 11.6. The lowest BCUT2D eigenvalue weighted by molar-refractivity contribution is 0.535. The van der Waals surface area contributed by atoms with Crippen LogP contribution in [-0.4, -0.2) is 15.0 Å². The first-order valence-corrected chi connectivity index (χ1v) is 5.43. The number of nitrogens with zero attached hydrogens (tertiary/aromatic N) is 3. The number of aryl methyl sites for hydroxylation is 1. The van der Waals surface area contributed by atoms with Crippen LogP contribution in [0.5, 0.6) is 0 Å². The van der Waals surface area contributed by atoms with Crippen molar-refractivity contribution in [1.29, 1.82) is 0 Å². The number of nitrogens with one attached hydrogen (secondary N) is 1. The molecule has 5 heteroatoms. The standard InChI is InChI=1S/C12H15N5/c1-9-7-16-12(8-15-9)11(17-13)6-10-2-4-14-5-3-10/h2-5,7-8,11,17H,6,13H2,1H3. The third-order valence-corrected chi connectivity index (χ3v) is 2.55. The molecule has 0 aliphatic rings. The number of nitrogens with two attached hydrogens (primary N) is 1. The van der Waals surface area contributed by atoms with E-state index in [1.807, 2.05) is 19.1 Å². The summed E-state index contributed by atoms with van der Waals surface area (Å²) in [5, 5.41) is 0. The Kier molecular flexibility index (Phi) is 3.74. The molecule has 1 unspecified atom stereocenters. The lowest BCUT2D eigenvalue weighted by atomic mass is 10.1. The van der Waals surface area contributed by atoms with Crippen LogP contribution >= 0.6 is 0 Å².